The fraction of sp³-hybridized carbons (Fsp3) is 0.388. The Balaban J connectivity index is 1.38. The summed E-state index contributed by atoms with van der Waals surface area (Å²) < 4.78 is 23.9. The minimum absolute atomic E-state index is 0.0249. The van der Waals surface area contributed by atoms with Gasteiger partial charge in [0, 0.05) is 37.9 Å². The van der Waals surface area contributed by atoms with Crippen molar-refractivity contribution in [2.75, 3.05) is 13.7 Å². The lowest BCUT2D eigenvalue weighted by Crippen LogP contribution is -2.61. The van der Waals surface area contributed by atoms with Crippen molar-refractivity contribution in [1.29, 1.82) is 0 Å². The van der Waals surface area contributed by atoms with E-state index in [1.807, 2.05) is 30.3 Å². The molecule has 0 saturated heterocycles. The van der Waals surface area contributed by atoms with Gasteiger partial charge in [0.15, 0.2) is 0 Å². The van der Waals surface area contributed by atoms with Gasteiger partial charge in [0.2, 0.25) is 17.7 Å². The van der Waals surface area contributed by atoms with Gasteiger partial charge in [-0.25, -0.2) is 14.0 Å². The van der Waals surface area contributed by atoms with Gasteiger partial charge in [-0.3, -0.25) is 19.2 Å². The molecular formula is C49H58FN5O9. The number of halogens is 1. The lowest BCUT2D eigenvalue weighted by molar-refractivity contribution is -0.146. The number of aryl methyl sites for hydroxylation is 2. The minimum atomic E-state index is -1.20. The Hall–Kier alpha value is -6.77. The van der Waals surface area contributed by atoms with E-state index in [1.54, 1.807) is 71.0 Å². The molecule has 0 saturated carbocycles. The van der Waals surface area contributed by atoms with Crippen LogP contribution >= 0.6 is 0 Å². The van der Waals surface area contributed by atoms with Crippen molar-refractivity contribution in [2.45, 2.75) is 109 Å². The van der Waals surface area contributed by atoms with E-state index in [0.29, 0.717) is 29.5 Å². The van der Waals surface area contributed by atoms with E-state index in [1.165, 1.54) is 36.3 Å². The van der Waals surface area contributed by atoms with E-state index in [-0.39, 0.29) is 50.4 Å². The number of carbonyl (C=O) groups is 6. The predicted molar refractivity (Wildman–Crippen MR) is 238 cm³/mol. The number of carbonyl (C=O) groups excluding carboxylic acids is 6. The standard InChI is InChI=1S/C49H58FN5O9/c1-30-24-37(56)25-31(2)38(30)28-41(54-48(62)64-49(3,4)5)46(60)55-29-35-17-11-10-16-34(35)27-42(55)45(59)53-40(26-32-14-8-7-9-15-32)44(58)52-39(47(61)63-6)18-12-13-23-51-43(57)33-19-21-36(50)22-20-33/h7-11,14-17,19-22,24-25,39-42,56H,12-13,18,23,26-29H2,1-6H3,(H,51,57)(H,52,58)(H,53,59)(H,54,62)/t39-,40-,41-,42-/m0/s1. The molecule has 0 bridgehead atoms. The van der Waals surface area contributed by atoms with Gasteiger partial charge in [-0.2, -0.15) is 0 Å². The number of hydrogen-bond acceptors (Lipinski definition) is 9. The summed E-state index contributed by atoms with van der Waals surface area (Å²) in [6.07, 6.45) is 0.353. The number of methoxy groups -OCH3 is 1. The first-order valence-electron chi connectivity index (χ1n) is 21.3. The van der Waals surface area contributed by atoms with Crippen LogP contribution in [0.4, 0.5) is 9.18 Å². The van der Waals surface area contributed by atoms with E-state index in [0.717, 1.165) is 22.3 Å². The number of benzene rings is 4. The zero-order chi connectivity index (χ0) is 46.6. The molecule has 0 unspecified atom stereocenters. The zero-order valence-electron chi connectivity index (χ0n) is 37.2. The topological polar surface area (TPSA) is 192 Å². The number of hydrogen-bond donors (Lipinski definition) is 5. The summed E-state index contributed by atoms with van der Waals surface area (Å²) in [5.74, 6) is -3.32. The Morgan fingerprint density at radius 2 is 1.44 bits per heavy atom. The zero-order valence-corrected chi connectivity index (χ0v) is 37.2. The van der Waals surface area contributed by atoms with E-state index in [4.69, 9.17) is 9.47 Å². The fourth-order valence-electron chi connectivity index (χ4n) is 7.70. The van der Waals surface area contributed by atoms with E-state index in [9.17, 15) is 38.3 Å². The molecule has 4 aromatic carbocycles. The average Bonchev–Trinajstić information content (AvgIpc) is 3.25. The van der Waals surface area contributed by atoms with Gasteiger partial charge < -0.3 is 40.7 Å². The van der Waals surface area contributed by atoms with Gasteiger partial charge in [-0.15, -0.1) is 0 Å². The van der Waals surface area contributed by atoms with Crippen LogP contribution in [0.5, 0.6) is 5.75 Å². The Morgan fingerprint density at radius 3 is 2.08 bits per heavy atom. The quantitative estimate of drug-likeness (QED) is 0.0671. The van der Waals surface area contributed by atoms with Crippen molar-refractivity contribution in [3.8, 4) is 5.75 Å². The minimum Gasteiger partial charge on any atom is -0.508 e. The van der Waals surface area contributed by atoms with Gasteiger partial charge >= 0.3 is 12.1 Å². The molecule has 1 aliphatic heterocycles. The van der Waals surface area contributed by atoms with Crippen molar-refractivity contribution < 1.29 is 47.7 Å². The average molecular weight is 880 g/mol. The highest BCUT2D eigenvalue weighted by Crippen LogP contribution is 2.27. The molecule has 5 rings (SSSR count). The molecule has 15 heteroatoms. The van der Waals surface area contributed by atoms with Crippen LogP contribution in [0, 0.1) is 19.7 Å². The first-order chi connectivity index (χ1) is 30.4. The van der Waals surface area contributed by atoms with Crippen LogP contribution in [0.25, 0.3) is 0 Å². The third kappa shape index (κ3) is 13.6. The molecule has 64 heavy (non-hydrogen) atoms. The van der Waals surface area contributed by atoms with Gasteiger partial charge in [-0.1, -0.05) is 54.6 Å². The van der Waals surface area contributed by atoms with Crippen LogP contribution < -0.4 is 21.3 Å². The molecule has 0 aliphatic carbocycles. The smallest absolute Gasteiger partial charge is 0.408 e. The van der Waals surface area contributed by atoms with Crippen LogP contribution in [0.1, 0.15) is 83.8 Å². The van der Waals surface area contributed by atoms with Crippen LogP contribution in [-0.2, 0) is 54.5 Å². The van der Waals surface area contributed by atoms with Crippen molar-refractivity contribution in [3.63, 3.8) is 0 Å². The molecule has 0 radical (unpaired) electrons. The molecule has 5 N–H and O–H groups in total. The van der Waals surface area contributed by atoms with E-state index in [2.05, 4.69) is 21.3 Å². The van der Waals surface area contributed by atoms with Crippen LogP contribution in [0.2, 0.25) is 0 Å². The Kier molecular flexibility index (Phi) is 16.6. The molecule has 1 aliphatic rings. The number of nitrogens with zero attached hydrogens (tertiary/aromatic N) is 1. The monoisotopic (exact) mass is 879 g/mol. The van der Waals surface area contributed by atoms with Crippen LogP contribution in [-0.4, -0.2) is 89.1 Å². The Bertz CT molecular complexity index is 2270. The highest BCUT2D eigenvalue weighted by atomic mass is 19.1. The second kappa shape index (κ2) is 22.0. The number of amides is 5. The molecule has 14 nitrogen and oxygen atoms in total. The summed E-state index contributed by atoms with van der Waals surface area (Å²) in [5.41, 5.74) is 3.91. The van der Waals surface area contributed by atoms with E-state index >= 15 is 0 Å². The lowest BCUT2D eigenvalue weighted by Gasteiger charge is -2.39. The van der Waals surface area contributed by atoms with Crippen LogP contribution in [0.15, 0.2) is 91.0 Å². The number of unbranched alkanes of at least 4 members (excludes halogenated alkanes) is 1. The predicted octanol–water partition coefficient (Wildman–Crippen LogP) is 5.52. The largest absolute Gasteiger partial charge is 0.508 e. The van der Waals surface area contributed by atoms with Crippen molar-refractivity contribution in [1.82, 2.24) is 26.2 Å². The molecule has 4 atom stereocenters. The SMILES string of the molecule is COC(=O)[C@H](CCCCNC(=O)c1ccc(F)cc1)NC(=O)[C@H](Cc1ccccc1)NC(=O)[C@@H]1Cc2ccccc2CN1C(=O)[C@H](Cc1c(C)cc(O)cc1C)NC(=O)OC(C)(C)C. The summed E-state index contributed by atoms with van der Waals surface area (Å²) in [4.78, 5) is 84.0. The molecule has 5 amide bonds. The molecule has 0 aromatic heterocycles. The number of aromatic hydroxyl groups is 1. The van der Waals surface area contributed by atoms with Crippen molar-refractivity contribution in [2.24, 2.45) is 0 Å². The maximum atomic E-state index is 14.9. The first-order valence-corrected chi connectivity index (χ1v) is 21.3. The van der Waals surface area contributed by atoms with Gasteiger partial charge in [0.1, 0.15) is 41.3 Å². The number of phenolic OH excluding ortho intramolecular Hbond substituents is 1. The number of rotatable bonds is 17. The summed E-state index contributed by atoms with van der Waals surface area (Å²) in [6, 6.07) is 20.1. The summed E-state index contributed by atoms with van der Waals surface area (Å²) in [5, 5.41) is 21.4. The number of esters is 1. The second-order valence-electron chi connectivity index (χ2n) is 17.0. The van der Waals surface area contributed by atoms with Crippen LogP contribution in [0.3, 0.4) is 0 Å². The van der Waals surface area contributed by atoms with E-state index < -0.39 is 65.4 Å². The number of fused-ring (bicyclic) bond motifs is 1. The number of ether oxygens (including phenoxy) is 2. The molecule has 4 aromatic rings. The van der Waals surface area contributed by atoms with Crippen molar-refractivity contribution in [3.05, 3.63) is 136 Å². The fourth-order valence-corrected chi connectivity index (χ4v) is 7.70. The van der Waals surface area contributed by atoms with Gasteiger partial charge in [-0.05, 0) is 124 Å². The number of nitrogens with one attached hydrogen (secondary N) is 4. The highest BCUT2D eigenvalue weighted by Gasteiger charge is 2.40. The molecular weight excluding hydrogens is 822 g/mol. The lowest BCUT2D eigenvalue weighted by atomic mass is 9.91. The molecule has 340 valence electrons. The maximum Gasteiger partial charge on any atom is 0.408 e. The molecule has 0 fully saturated rings. The Labute approximate surface area is 373 Å². The van der Waals surface area contributed by atoms with Gasteiger partial charge in [0.05, 0.1) is 7.11 Å². The highest BCUT2D eigenvalue weighted by molar-refractivity contribution is 5.96. The molecule has 0 spiro atoms. The maximum absolute atomic E-state index is 14.9. The number of phenols is 1. The normalized spacial score (nSPS) is 14.8. The molecule has 1 heterocycles. The Morgan fingerprint density at radius 1 is 0.797 bits per heavy atom. The summed E-state index contributed by atoms with van der Waals surface area (Å²) >= 11 is 0. The van der Waals surface area contributed by atoms with Gasteiger partial charge in [0.25, 0.3) is 5.91 Å². The number of alkyl carbamates (subject to hydrolysis) is 1. The third-order valence-electron chi connectivity index (χ3n) is 10.9. The second-order valence-corrected chi connectivity index (χ2v) is 17.0. The first kappa shape index (κ1) is 48.3. The third-order valence-corrected chi connectivity index (χ3v) is 10.9. The summed E-state index contributed by atoms with van der Waals surface area (Å²) in [6.45, 7) is 8.99. The van der Waals surface area contributed by atoms with Crippen molar-refractivity contribution >= 4 is 35.7 Å². The summed E-state index contributed by atoms with van der Waals surface area (Å²) in [7, 11) is 1.20.